The molecule has 1 heterocycles. The molecule has 0 spiro atoms. The number of rotatable bonds is 3. The molecule has 1 fully saturated rings. The van der Waals surface area contributed by atoms with Crippen LogP contribution in [-0.2, 0) is 9.53 Å². The topological polar surface area (TPSA) is 38.3 Å². The summed E-state index contributed by atoms with van der Waals surface area (Å²) in [5.41, 5.74) is 1.00. The number of hydrogen-bond donors (Lipinski definition) is 1. The van der Waals surface area contributed by atoms with Crippen LogP contribution in [0.3, 0.4) is 0 Å². The normalized spacial score (nSPS) is 21.2. The van der Waals surface area contributed by atoms with E-state index in [1.165, 1.54) is 0 Å². The largest absolute Gasteiger partial charge is 0.368 e. The van der Waals surface area contributed by atoms with Crippen LogP contribution in [0.4, 0.5) is 0 Å². The molecule has 0 aliphatic carbocycles. The summed E-state index contributed by atoms with van der Waals surface area (Å²) in [5, 5.41) is 3.62. The maximum atomic E-state index is 11.8. The first-order valence-corrected chi connectivity index (χ1v) is 6.22. The second kappa shape index (κ2) is 5.52. The number of halogens is 1. The average Bonchev–Trinajstić information content (AvgIpc) is 2.82. The van der Waals surface area contributed by atoms with Gasteiger partial charge in [0, 0.05) is 11.6 Å². The summed E-state index contributed by atoms with van der Waals surface area (Å²) in [6.07, 6.45) is 1.49. The van der Waals surface area contributed by atoms with Gasteiger partial charge in [-0.1, -0.05) is 23.7 Å². The van der Waals surface area contributed by atoms with Gasteiger partial charge in [0.05, 0.1) is 6.04 Å². The van der Waals surface area contributed by atoms with Crippen molar-refractivity contribution in [3.63, 3.8) is 0 Å². The van der Waals surface area contributed by atoms with Gasteiger partial charge in [0.1, 0.15) is 6.10 Å². The highest BCUT2D eigenvalue weighted by Crippen LogP contribution is 2.19. The second-order valence-electron chi connectivity index (χ2n) is 4.29. The van der Waals surface area contributed by atoms with Crippen LogP contribution in [0.15, 0.2) is 24.3 Å². The van der Waals surface area contributed by atoms with Crippen LogP contribution in [0, 0.1) is 0 Å². The SMILES string of the molecule is C[C@@H](NC(=O)[C@H]1CCCO1)c1cccc(Cl)c1. The smallest absolute Gasteiger partial charge is 0.249 e. The van der Waals surface area contributed by atoms with Crippen molar-refractivity contribution in [2.45, 2.75) is 31.9 Å². The zero-order valence-electron chi connectivity index (χ0n) is 9.78. The fourth-order valence-corrected chi connectivity index (χ4v) is 2.15. The van der Waals surface area contributed by atoms with Gasteiger partial charge < -0.3 is 10.1 Å². The Kier molecular flexibility index (Phi) is 4.02. The number of carbonyl (C=O) groups excluding carboxylic acids is 1. The molecule has 2 atom stereocenters. The van der Waals surface area contributed by atoms with E-state index in [2.05, 4.69) is 5.32 Å². The Morgan fingerprint density at radius 2 is 2.41 bits per heavy atom. The van der Waals surface area contributed by atoms with E-state index in [-0.39, 0.29) is 18.1 Å². The third kappa shape index (κ3) is 3.20. The molecule has 0 aromatic heterocycles. The molecular formula is C13H16ClNO2. The van der Waals surface area contributed by atoms with E-state index >= 15 is 0 Å². The van der Waals surface area contributed by atoms with E-state index in [9.17, 15) is 4.79 Å². The van der Waals surface area contributed by atoms with E-state index in [0.717, 1.165) is 18.4 Å². The molecule has 4 heteroatoms. The molecule has 1 aliphatic heterocycles. The summed E-state index contributed by atoms with van der Waals surface area (Å²) in [4.78, 5) is 11.8. The summed E-state index contributed by atoms with van der Waals surface area (Å²) in [5.74, 6) is -0.0324. The Balaban J connectivity index is 1.96. The van der Waals surface area contributed by atoms with Crippen molar-refractivity contribution in [2.75, 3.05) is 6.61 Å². The predicted octanol–water partition coefficient (Wildman–Crippen LogP) is 2.70. The van der Waals surface area contributed by atoms with Gasteiger partial charge in [-0.25, -0.2) is 0 Å². The summed E-state index contributed by atoms with van der Waals surface area (Å²) in [6, 6.07) is 7.46. The first kappa shape index (κ1) is 12.4. The van der Waals surface area contributed by atoms with Crippen LogP contribution in [0.1, 0.15) is 31.4 Å². The Morgan fingerprint density at radius 1 is 1.59 bits per heavy atom. The van der Waals surface area contributed by atoms with Gasteiger partial charge in [0.15, 0.2) is 0 Å². The van der Waals surface area contributed by atoms with E-state index < -0.39 is 0 Å². The van der Waals surface area contributed by atoms with E-state index in [4.69, 9.17) is 16.3 Å². The summed E-state index contributed by atoms with van der Waals surface area (Å²) >= 11 is 5.92. The highest BCUT2D eigenvalue weighted by molar-refractivity contribution is 6.30. The average molecular weight is 254 g/mol. The third-order valence-electron chi connectivity index (χ3n) is 2.93. The van der Waals surface area contributed by atoms with E-state index in [0.29, 0.717) is 11.6 Å². The lowest BCUT2D eigenvalue weighted by Gasteiger charge is -2.17. The van der Waals surface area contributed by atoms with Gasteiger partial charge in [-0.3, -0.25) is 4.79 Å². The fraction of sp³-hybridized carbons (Fsp3) is 0.462. The van der Waals surface area contributed by atoms with Crippen LogP contribution >= 0.6 is 11.6 Å². The maximum absolute atomic E-state index is 11.8. The van der Waals surface area contributed by atoms with Gasteiger partial charge in [-0.15, -0.1) is 0 Å². The van der Waals surface area contributed by atoms with Gasteiger partial charge in [0.25, 0.3) is 0 Å². The fourth-order valence-electron chi connectivity index (χ4n) is 1.95. The van der Waals surface area contributed by atoms with Crippen molar-refractivity contribution in [1.82, 2.24) is 5.32 Å². The first-order valence-electron chi connectivity index (χ1n) is 5.84. The highest BCUT2D eigenvalue weighted by atomic mass is 35.5. The molecule has 92 valence electrons. The molecule has 1 aliphatic rings. The lowest BCUT2D eigenvalue weighted by Crippen LogP contribution is -2.35. The molecule has 1 saturated heterocycles. The molecule has 1 aromatic rings. The van der Waals surface area contributed by atoms with Crippen LogP contribution in [0.5, 0.6) is 0 Å². The van der Waals surface area contributed by atoms with Crippen molar-refractivity contribution in [3.8, 4) is 0 Å². The predicted molar refractivity (Wildman–Crippen MR) is 67.0 cm³/mol. The molecule has 17 heavy (non-hydrogen) atoms. The Bertz CT molecular complexity index is 402. The summed E-state index contributed by atoms with van der Waals surface area (Å²) < 4.78 is 5.34. The molecule has 1 amide bonds. The van der Waals surface area contributed by atoms with Gasteiger partial charge >= 0.3 is 0 Å². The quantitative estimate of drug-likeness (QED) is 0.900. The maximum Gasteiger partial charge on any atom is 0.249 e. The van der Waals surface area contributed by atoms with E-state index in [1.807, 2.05) is 31.2 Å². The van der Waals surface area contributed by atoms with Crippen molar-refractivity contribution in [3.05, 3.63) is 34.9 Å². The number of carbonyl (C=O) groups is 1. The summed E-state index contributed by atoms with van der Waals surface area (Å²) in [7, 11) is 0. The minimum absolute atomic E-state index is 0.0324. The zero-order valence-corrected chi connectivity index (χ0v) is 10.5. The number of ether oxygens (including phenoxy) is 1. The third-order valence-corrected chi connectivity index (χ3v) is 3.16. The Morgan fingerprint density at radius 3 is 3.06 bits per heavy atom. The standard InChI is InChI=1S/C13H16ClNO2/c1-9(10-4-2-5-11(14)8-10)15-13(16)12-6-3-7-17-12/h2,4-5,8-9,12H,3,6-7H2,1H3,(H,15,16)/t9-,12-/m1/s1. The molecule has 3 nitrogen and oxygen atoms in total. The van der Waals surface area contributed by atoms with Crippen LogP contribution < -0.4 is 5.32 Å². The van der Waals surface area contributed by atoms with Crippen LogP contribution in [0.2, 0.25) is 5.02 Å². The van der Waals surface area contributed by atoms with Crippen LogP contribution in [0.25, 0.3) is 0 Å². The lowest BCUT2D eigenvalue weighted by atomic mass is 10.1. The van der Waals surface area contributed by atoms with Crippen LogP contribution in [-0.4, -0.2) is 18.6 Å². The Hall–Kier alpha value is -1.06. The molecule has 1 N–H and O–H groups in total. The number of hydrogen-bond acceptors (Lipinski definition) is 2. The Labute approximate surface area is 106 Å². The monoisotopic (exact) mass is 253 g/mol. The molecule has 0 bridgehead atoms. The zero-order chi connectivity index (χ0) is 12.3. The van der Waals surface area contributed by atoms with E-state index in [1.54, 1.807) is 0 Å². The molecular weight excluding hydrogens is 238 g/mol. The molecule has 0 saturated carbocycles. The van der Waals surface area contributed by atoms with Gasteiger partial charge in [0.2, 0.25) is 5.91 Å². The van der Waals surface area contributed by atoms with Crippen molar-refractivity contribution < 1.29 is 9.53 Å². The minimum atomic E-state index is -0.281. The lowest BCUT2D eigenvalue weighted by molar-refractivity contribution is -0.130. The summed E-state index contributed by atoms with van der Waals surface area (Å²) in [6.45, 7) is 2.63. The number of nitrogens with one attached hydrogen (secondary N) is 1. The highest BCUT2D eigenvalue weighted by Gasteiger charge is 2.24. The van der Waals surface area contributed by atoms with Crippen molar-refractivity contribution in [1.29, 1.82) is 0 Å². The minimum Gasteiger partial charge on any atom is -0.368 e. The van der Waals surface area contributed by atoms with Crippen molar-refractivity contribution in [2.24, 2.45) is 0 Å². The number of amides is 1. The first-order chi connectivity index (χ1) is 8.16. The second-order valence-corrected chi connectivity index (χ2v) is 4.72. The van der Waals surface area contributed by atoms with Gasteiger partial charge in [-0.05, 0) is 37.5 Å². The number of benzene rings is 1. The molecule has 0 unspecified atom stereocenters. The molecule has 0 radical (unpaired) electrons. The molecule has 2 rings (SSSR count). The molecule has 1 aromatic carbocycles. The van der Waals surface area contributed by atoms with Crippen molar-refractivity contribution >= 4 is 17.5 Å². The van der Waals surface area contributed by atoms with Gasteiger partial charge in [-0.2, -0.15) is 0 Å².